The predicted molar refractivity (Wildman–Crippen MR) is 94.2 cm³/mol. The minimum Gasteiger partial charge on any atom is -0.493 e. The summed E-state index contributed by atoms with van der Waals surface area (Å²) in [5.41, 5.74) is -0.397. The molecule has 25 heavy (non-hydrogen) atoms. The number of hydrogen-bond donors (Lipinski definition) is 2. The van der Waals surface area contributed by atoms with Crippen LogP contribution in [0.15, 0.2) is 18.2 Å². The first-order valence-corrected chi connectivity index (χ1v) is 8.70. The number of carbonyl (C=O) groups excluding carboxylic acids is 1. The van der Waals surface area contributed by atoms with Gasteiger partial charge in [0.25, 0.3) is 5.91 Å². The van der Waals surface area contributed by atoms with E-state index in [2.05, 4.69) is 5.32 Å². The van der Waals surface area contributed by atoms with Gasteiger partial charge in [-0.25, -0.2) is 0 Å². The van der Waals surface area contributed by atoms with E-state index < -0.39 is 11.4 Å². The smallest absolute Gasteiger partial charge is 0.309 e. The highest BCUT2D eigenvalue weighted by Gasteiger charge is 2.26. The highest BCUT2D eigenvalue weighted by molar-refractivity contribution is 5.94. The van der Waals surface area contributed by atoms with Crippen LogP contribution in [-0.2, 0) is 4.79 Å². The molecule has 0 bridgehead atoms. The number of aliphatic carboxylic acids is 1. The molecule has 6 heteroatoms. The van der Waals surface area contributed by atoms with Crippen molar-refractivity contribution in [1.82, 2.24) is 5.32 Å². The highest BCUT2D eigenvalue weighted by atomic mass is 16.5. The molecule has 0 spiro atoms. The Morgan fingerprint density at radius 3 is 2.52 bits per heavy atom. The lowest BCUT2D eigenvalue weighted by atomic mass is 9.90. The number of hydrogen-bond acceptors (Lipinski definition) is 4. The summed E-state index contributed by atoms with van der Waals surface area (Å²) < 4.78 is 11.3. The first kappa shape index (κ1) is 19.1. The molecule has 0 radical (unpaired) electrons. The van der Waals surface area contributed by atoms with Crippen molar-refractivity contribution < 1.29 is 24.2 Å². The normalized spacial score (nSPS) is 15.0. The summed E-state index contributed by atoms with van der Waals surface area (Å²) in [4.78, 5) is 23.4. The third-order valence-electron chi connectivity index (χ3n) is 4.64. The van der Waals surface area contributed by atoms with E-state index in [0.29, 0.717) is 30.0 Å². The minimum absolute atomic E-state index is 0.170. The third-order valence-corrected chi connectivity index (χ3v) is 4.64. The van der Waals surface area contributed by atoms with Crippen LogP contribution >= 0.6 is 0 Å². The van der Waals surface area contributed by atoms with E-state index in [1.807, 2.05) is 0 Å². The van der Waals surface area contributed by atoms with Crippen LogP contribution in [-0.4, -0.2) is 36.7 Å². The van der Waals surface area contributed by atoms with Gasteiger partial charge in [-0.15, -0.1) is 0 Å². The van der Waals surface area contributed by atoms with Crippen LogP contribution in [0.3, 0.4) is 0 Å². The van der Waals surface area contributed by atoms with Gasteiger partial charge in [-0.05, 0) is 64.2 Å². The van der Waals surface area contributed by atoms with Crippen molar-refractivity contribution in [2.75, 3.05) is 13.7 Å². The monoisotopic (exact) mass is 349 g/mol. The van der Waals surface area contributed by atoms with E-state index in [1.165, 1.54) is 0 Å². The lowest BCUT2D eigenvalue weighted by molar-refractivity contribution is -0.147. The standard InChI is InChI=1S/C19H27NO5/c1-19(2,18(22)23)10-11-20-17(21)13-8-9-15(24-3)16(12-13)25-14-6-4-5-7-14/h8-9,12,14H,4-7,10-11H2,1-3H3,(H,20,21)(H,22,23). The number of amides is 1. The average molecular weight is 349 g/mol. The van der Waals surface area contributed by atoms with Gasteiger partial charge in [-0.1, -0.05) is 0 Å². The molecule has 2 rings (SSSR count). The SMILES string of the molecule is COc1ccc(C(=O)NCCC(C)(C)C(=O)O)cc1OC1CCCC1. The third kappa shape index (κ3) is 5.11. The molecule has 1 aromatic rings. The van der Waals surface area contributed by atoms with Gasteiger partial charge in [0.05, 0.1) is 18.6 Å². The van der Waals surface area contributed by atoms with E-state index in [0.717, 1.165) is 25.7 Å². The molecule has 0 heterocycles. The fourth-order valence-corrected chi connectivity index (χ4v) is 2.79. The summed E-state index contributed by atoms with van der Waals surface area (Å²) in [6.07, 6.45) is 4.88. The van der Waals surface area contributed by atoms with Gasteiger partial charge in [-0.2, -0.15) is 0 Å². The van der Waals surface area contributed by atoms with Crippen LogP contribution in [0.25, 0.3) is 0 Å². The summed E-state index contributed by atoms with van der Waals surface area (Å²) in [7, 11) is 1.57. The van der Waals surface area contributed by atoms with Gasteiger partial charge in [0.15, 0.2) is 11.5 Å². The van der Waals surface area contributed by atoms with Crippen molar-refractivity contribution >= 4 is 11.9 Å². The molecule has 1 aromatic carbocycles. The molecule has 0 aromatic heterocycles. The number of carboxylic acids is 1. The Bertz CT molecular complexity index is 620. The first-order chi connectivity index (χ1) is 11.8. The Kier molecular flexibility index (Phi) is 6.28. The van der Waals surface area contributed by atoms with E-state index in [-0.39, 0.29) is 12.0 Å². The number of ether oxygens (including phenoxy) is 2. The molecule has 1 fully saturated rings. The van der Waals surface area contributed by atoms with Gasteiger partial charge in [-0.3, -0.25) is 9.59 Å². The number of carboxylic acid groups (broad SMARTS) is 1. The fourth-order valence-electron chi connectivity index (χ4n) is 2.79. The molecule has 138 valence electrons. The zero-order chi connectivity index (χ0) is 18.4. The zero-order valence-corrected chi connectivity index (χ0v) is 15.1. The molecule has 0 aliphatic heterocycles. The van der Waals surface area contributed by atoms with Gasteiger partial charge in [0.1, 0.15) is 0 Å². The minimum atomic E-state index is -0.876. The molecule has 0 atom stereocenters. The molecule has 1 aliphatic carbocycles. The van der Waals surface area contributed by atoms with Crippen molar-refractivity contribution in [1.29, 1.82) is 0 Å². The van der Waals surface area contributed by atoms with Crippen LogP contribution in [0.5, 0.6) is 11.5 Å². The summed E-state index contributed by atoms with van der Waals surface area (Å²) >= 11 is 0. The summed E-state index contributed by atoms with van der Waals surface area (Å²) in [5, 5.41) is 11.9. The van der Waals surface area contributed by atoms with E-state index in [9.17, 15) is 9.59 Å². The molecule has 0 saturated heterocycles. The number of carbonyl (C=O) groups is 2. The Morgan fingerprint density at radius 2 is 1.92 bits per heavy atom. The Morgan fingerprint density at radius 1 is 1.24 bits per heavy atom. The van der Waals surface area contributed by atoms with Crippen LogP contribution in [0.2, 0.25) is 0 Å². The van der Waals surface area contributed by atoms with Crippen LogP contribution in [0.4, 0.5) is 0 Å². The Balaban J connectivity index is 2.00. The van der Waals surface area contributed by atoms with E-state index >= 15 is 0 Å². The molecule has 2 N–H and O–H groups in total. The van der Waals surface area contributed by atoms with Crippen LogP contribution < -0.4 is 14.8 Å². The topological polar surface area (TPSA) is 84.9 Å². The average Bonchev–Trinajstić information content (AvgIpc) is 3.07. The maximum atomic E-state index is 12.3. The first-order valence-electron chi connectivity index (χ1n) is 8.70. The van der Waals surface area contributed by atoms with E-state index in [4.69, 9.17) is 14.6 Å². The predicted octanol–water partition coefficient (Wildman–Crippen LogP) is 3.25. The quantitative estimate of drug-likeness (QED) is 0.752. The molecule has 1 saturated carbocycles. The molecular formula is C19H27NO5. The summed E-state index contributed by atoms with van der Waals surface area (Å²) in [5.74, 6) is 0.0573. The van der Waals surface area contributed by atoms with E-state index in [1.54, 1.807) is 39.2 Å². The molecule has 1 aliphatic rings. The summed E-state index contributed by atoms with van der Waals surface area (Å²) in [6, 6.07) is 5.09. The molecular weight excluding hydrogens is 322 g/mol. The highest BCUT2D eigenvalue weighted by Crippen LogP contribution is 2.32. The lowest BCUT2D eigenvalue weighted by Gasteiger charge is -2.19. The van der Waals surface area contributed by atoms with Crippen molar-refractivity contribution in [3.05, 3.63) is 23.8 Å². The number of benzene rings is 1. The molecule has 6 nitrogen and oxygen atoms in total. The maximum absolute atomic E-state index is 12.3. The molecule has 0 unspecified atom stereocenters. The van der Waals surface area contributed by atoms with Gasteiger partial charge < -0.3 is 19.9 Å². The van der Waals surface area contributed by atoms with Gasteiger partial charge in [0, 0.05) is 12.1 Å². The fraction of sp³-hybridized carbons (Fsp3) is 0.579. The second-order valence-electron chi connectivity index (χ2n) is 7.08. The van der Waals surface area contributed by atoms with Crippen molar-refractivity contribution in [2.24, 2.45) is 5.41 Å². The zero-order valence-electron chi connectivity index (χ0n) is 15.1. The second-order valence-corrected chi connectivity index (χ2v) is 7.08. The maximum Gasteiger partial charge on any atom is 0.309 e. The van der Waals surface area contributed by atoms with Crippen LogP contribution in [0.1, 0.15) is 56.3 Å². The van der Waals surface area contributed by atoms with Crippen molar-refractivity contribution in [3.63, 3.8) is 0 Å². The Hall–Kier alpha value is -2.24. The van der Waals surface area contributed by atoms with Gasteiger partial charge in [0.2, 0.25) is 0 Å². The second kappa shape index (κ2) is 8.23. The number of rotatable bonds is 8. The number of methoxy groups -OCH3 is 1. The lowest BCUT2D eigenvalue weighted by Crippen LogP contribution is -2.32. The Labute approximate surface area is 148 Å². The van der Waals surface area contributed by atoms with Crippen molar-refractivity contribution in [2.45, 2.75) is 52.1 Å². The number of nitrogens with one attached hydrogen (secondary N) is 1. The molecule has 1 amide bonds. The summed E-state index contributed by atoms with van der Waals surface area (Å²) in [6.45, 7) is 3.58. The van der Waals surface area contributed by atoms with Crippen LogP contribution in [0, 0.1) is 5.41 Å². The van der Waals surface area contributed by atoms with Gasteiger partial charge >= 0.3 is 5.97 Å². The largest absolute Gasteiger partial charge is 0.493 e. The van der Waals surface area contributed by atoms with Crippen molar-refractivity contribution in [3.8, 4) is 11.5 Å².